The van der Waals surface area contributed by atoms with Crippen LogP contribution in [0.25, 0.3) is 0 Å². The molecule has 1 amide bonds. The first-order valence-electron chi connectivity index (χ1n) is 10.3. The lowest BCUT2D eigenvalue weighted by Crippen LogP contribution is -2.46. The van der Waals surface area contributed by atoms with Gasteiger partial charge in [0.1, 0.15) is 0 Å². The Labute approximate surface area is 180 Å². The number of halogens is 3. The van der Waals surface area contributed by atoms with Gasteiger partial charge in [0.05, 0.1) is 22.1 Å². The van der Waals surface area contributed by atoms with Gasteiger partial charge in [0.2, 0.25) is 5.91 Å². The van der Waals surface area contributed by atoms with E-state index in [2.05, 4.69) is 10.6 Å². The summed E-state index contributed by atoms with van der Waals surface area (Å²) in [6.45, 7) is 2.47. The van der Waals surface area contributed by atoms with Crippen LogP contribution in [0.5, 0.6) is 0 Å². The zero-order chi connectivity index (χ0) is 22.7. The van der Waals surface area contributed by atoms with Crippen LogP contribution in [-0.2, 0) is 26.9 Å². The first-order chi connectivity index (χ1) is 14.5. The average molecular weight is 457 g/mol. The molecule has 0 spiro atoms. The number of amides is 1. The molecule has 0 radical (unpaired) electrons. The minimum Gasteiger partial charge on any atom is -0.351 e. The van der Waals surface area contributed by atoms with Crippen LogP contribution in [0.1, 0.15) is 43.7 Å². The van der Waals surface area contributed by atoms with Crippen molar-refractivity contribution >= 4 is 15.7 Å². The Balaban J connectivity index is 1.63. The van der Waals surface area contributed by atoms with E-state index in [1.54, 1.807) is 24.3 Å². The lowest BCUT2D eigenvalue weighted by molar-refractivity contribution is -0.123. The molecule has 0 saturated carbocycles. The minimum absolute atomic E-state index is 0.00572. The fourth-order valence-electron chi connectivity index (χ4n) is 3.77. The third kappa shape index (κ3) is 5.77. The van der Waals surface area contributed by atoms with Crippen molar-refractivity contribution in [1.82, 2.24) is 10.6 Å². The van der Waals surface area contributed by atoms with Crippen molar-refractivity contribution in [3.63, 3.8) is 0 Å². The van der Waals surface area contributed by atoms with Gasteiger partial charge < -0.3 is 10.6 Å². The predicted molar refractivity (Wildman–Crippen MR) is 113 cm³/mol. The van der Waals surface area contributed by atoms with E-state index in [-0.39, 0.29) is 24.1 Å². The fourth-order valence-corrected chi connectivity index (χ4v) is 5.39. The van der Waals surface area contributed by atoms with E-state index < -0.39 is 26.3 Å². The molecule has 1 aliphatic heterocycles. The van der Waals surface area contributed by atoms with Crippen LogP contribution in [0, 0.1) is 0 Å². The number of benzene rings is 1. The van der Waals surface area contributed by atoms with E-state index in [1.165, 1.54) is 13.0 Å². The number of alkyl halides is 3. The number of carbonyl (C=O) groups excluding carboxylic acids is 1. The first kappa shape index (κ1) is 23.5. The summed E-state index contributed by atoms with van der Waals surface area (Å²) < 4.78 is 63.3. The van der Waals surface area contributed by atoms with Gasteiger partial charge in [-0.1, -0.05) is 48.9 Å². The van der Waals surface area contributed by atoms with Crippen LogP contribution in [0.15, 0.2) is 48.1 Å². The Hall–Kier alpha value is -2.13. The van der Waals surface area contributed by atoms with Gasteiger partial charge in [-0.25, -0.2) is 8.42 Å². The summed E-state index contributed by atoms with van der Waals surface area (Å²) in [6.07, 6.45) is 1.28. The van der Waals surface area contributed by atoms with Crippen molar-refractivity contribution in [2.45, 2.75) is 61.9 Å². The number of nitrogens with one attached hydrogen (secondary N) is 2. The molecular formula is C22H27F3N2O3S. The molecule has 3 rings (SSSR count). The zero-order valence-corrected chi connectivity index (χ0v) is 18.2. The highest BCUT2D eigenvalue weighted by Crippen LogP contribution is 2.37. The van der Waals surface area contributed by atoms with Crippen LogP contribution in [0.2, 0.25) is 0 Å². The van der Waals surface area contributed by atoms with E-state index in [1.807, 2.05) is 0 Å². The zero-order valence-electron chi connectivity index (χ0n) is 17.3. The molecule has 2 N–H and O–H groups in total. The maximum atomic E-state index is 13.0. The lowest BCUT2D eigenvalue weighted by Gasteiger charge is -2.29. The van der Waals surface area contributed by atoms with Crippen molar-refractivity contribution < 1.29 is 26.4 Å². The Kier molecular flexibility index (Phi) is 6.95. The van der Waals surface area contributed by atoms with E-state index in [0.717, 1.165) is 43.5 Å². The molecule has 5 nitrogen and oxygen atoms in total. The highest BCUT2D eigenvalue weighted by molar-refractivity contribution is 7.92. The van der Waals surface area contributed by atoms with E-state index in [4.69, 9.17) is 0 Å². The number of allylic oxidation sites excluding steroid dienone is 3. The van der Waals surface area contributed by atoms with E-state index in [0.29, 0.717) is 12.1 Å². The van der Waals surface area contributed by atoms with Gasteiger partial charge in [0.15, 0.2) is 9.84 Å². The molecule has 1 aromatic carbocycles. The van der Waals surface area contributed by atoms with Crippen molar-refractivity contribution in [3.05, 3.63) is 59.2 Å². The molecule has 2 atom stereocenters. The molecule has 9 heteroatoms. The van der Waals surface area contributed by atoms with Gasteiger partial charge in [0.25, 0.3) is 0 Å². The van der Waals surface area contributed by atoms with Crippen molar-refractivity contribution in [3.8, 4) is 0 Å². The Morgan fingerprint density at radius 2 is 1.87 bits per heavy atom. The van der Waals surface area contributed by atoms with Gasteiger partial charge in [0, 0.05) is 6.54 Å². The van der Waals surface area contributed by atoms with Gasteiger partial charge in [-0.3, -0.25) is 4.79 Å². The summed E-state index contributed by atoms with van der Waals surface area (Å²) in [6, 6.07) is 6.53. The number of rotatable bonds is 6. The maximum Gasteiger partial charge on any atom is 0.416 e. The number of sulfone groups is 1. The molecule has 1 aromatic rings. The SMILES string of the molecule is CC1(S(=O)(=O)Cc2ccc(CNC(=O)C3CCCCN3)cc2)C=C(C(F)(F)F)C=CC1. The van der Waals surface area contributed by atoms with E-state index in [9.17, 15) is 26.4 Å². The second kappa shape index (κ2) is 9.16. The van der Waals surface area contributed by atoms with Crippen molar-refractivity contribution in [2.75, 3.05) is 6.54 Å². The summed E-state index contributed by atoms with van der Waals surface area (Å²) in [7, 11) is -3.89. The Morgan fingerprint density at radius 3 is 2.48 bits per heavy atom. The van der Waals surface area contributed by atoms with Crippen molar-refractivity contribution in [1.29, 1.82) is 0 Å². The molecule has 0 bridgehead atoms. The number of hydrogen-bond acceptors (Lipinski definition) is 4. The molecule has 170 valence electrons. The smallest absolute Gasteiger partial charge is 0.351 e. The normalized spacial score (nSPS) is 24.5. The molecule has 1 aliphatic carbocycles. The standard InChI is InChI=1S/C22H27F3N2O3S/c1-21(11-4-5-18(13-21)22(23,24)25)31(29,30)15-17-9-7-16(8-10-17)14-27-20(28)19-6-2-3-12-26-19/h4-5,7-10,13,19,26H,2-3,6,11-12,14-15H2,1H3,(H,27,28). The minimum atomic E-state index is -4.59. The summed E-state index contributed by atoms with van der Waals surface area (Å²) in [5.41, 5.74) is 0.363. The molecular weight excluding hydrogens is 429 g/mol. The number of piperidine rings is 1. The molecule has 2 unspecified atom stereocenters. The third-order valence-corrected chi connectivity index (χ3v) is 8.21. The summed E-state index contributed by atoms with van der Waals surface area (Å²) in [5.74, 6) is -0.422. The molecule has 1 heterocycles. The number of carbonyl (C=O) groups is 1. The summed E-state index contributed by atoms with van der Waals surface area (Å²) in [5, 5.41) is 6.05. The molecule has 2 aliphatic rings. The van der Waals surface area contributed by atoms with Crippen molar-refractivity contribution in [2.24, 2.45) is 0 Å². The van der Waals surface area contributed by atoms with Crippen LogP contribution in [0.3, 0.4) is 0 Å². The van der Waals surface area contributed by atoms with Crippen LogP contribution < -0.4 is 10.6 Å². The Bertz CT molecular complexity index is 963. The lowest BCUT2D eigenvalue weighted by atomic mass is 9.97. The largest absolute Gasteiger partial charge is 0.416 e. The monoisotopic (exact) mass is 456 g/mol. The van der Waals surface area contributed by atoms with E-state index >= 15 is 0 Å². The molecule has 31 heavy (non-hydrogen) atoms. The second-order valence-electron chi connectivity index (χ2n) is 8.31. The van der Waals surface area contributed by atoms with Gasteiger partial charge in [-0.05, 0) is 43.9 Å². The molecule has 1 fully saturated rings. The van der Waals surface area contributed by atoms with Gasteiger partial charge in [-0.2, -0.15) is 13.2 Å². The average Bonchev–Trinajstić information content (AvgIpc) is 2.73. The quantitative estimate of drug-likeness (QED) is 0.686. The highest BCUT2D eigenvalue weighted by atomic mass is 32.2. The predicted octanol–water partition coefficient (Wildman–Crippen LogP) is 3.57. The molecule has 0 aromatic heterocycles. The third-order valence-electron chi connectivity index (χ3n) is 5.79. The topological polar surface area (TPSA) is 75.3 Å². The van der Waals surface area contributed by atoms with Crippen LogP contribution in [-0.4, -0.2) is 37.8 Å². The Morgan fingerprint density at radius 1 is 1.19 bits per heavy atom. The number of hydrogen-bond donors (Lipinski definition) is 2. The summed E-state index contributed by atoms with van der Waals surface area (Å²) >= 11 is 0. The van der Waals surface area contributed by atoms with Crippen LogP contribution in [0.4, 0.5) is 13.2 Å². The molecule has 1 saturated heterocycles. The van der Waals surface area contributed by atoms with Gasteiger partial charge in [-0.15, -0.1) is 0 Å². The van der Waals surface area contributed by atoms with Crippen LogP contribution >= 0.6 is 0 Å². The van der Waals surface area contributed by atoms with Gasteiger partial charge >= 0.3 is 6.18 Å². The highest BCUT2D eigenvalue weighted by Gasteiger charge is 2.42. The fraction of sp³-hybridized carbons (Fsp3) is 0.500. The second-order valence-corrected chi connectivity index (χ2v) is 10.8. The maximum absolute atomic E-state index is 13.0. The first-order valence-corrected chi connectivity index (χ1v) is 11.9. The summed E-state index contributed by atoms with van der Waals surface area (Å²) in [4.78, 5) is 12.2.